The van der Waals surface area contributed by atoms with Gasteiger partial charge in [-0.15, -0.1) is 0 Å². The number of benzene rings is 1. The van der Waals surface area contributed by atoms with Gasteiger partial charge in [0.1, 0.15) is 0 Å². The maximum atomic E-state index is 12.2. The van der Waals surface area contributed by atoms with Gasteiger partial charge in [-0.3, -0.25) is 4.79 Å². The maximum Gasteiger partial charge on any atom is 0.321 e. The second-order valence-corrected chi connectivity index (χ2v) is 5.48. The van der Waals surface area contributed by atoms with Crippen LogP contribution in [-0.4, -0.2) is 46.3 Å². The van der Waals surface area contributed by atoms with Gasteiger partial charge in [0, 0.05) is 18.8 Å². The molecular weight excluding hydrogens is 272 g/mol. The minimum absolute atomic E-state index is 0.0582. The highest BCUT2D eigenvalue weighted by Crippen LogP contribution is 2.18. The van der Waals surface area contributed by atoms with Gasteiger partial charge in [0.05, 0.1) is 12.5 Å². The molecule has 1 aromatic rings. The van der Waals surface area contributed by atoms with Gasteiger partial charge in [-0.05, 0) is 30.0 Å². The lowest BCUT2D eigenvalue weighted by atomic mass is 9.97. The van der Waals surface area contributed by atoms with Crippen LogP contribution in [0.25, 0.3) is 0 Å². The van der Waals surface area contributed by atoms with E-state index in [1.54, 1.807) is 29.2 Å². The van der Waals surface area contributed by atoms with E-state index in [9.17, 15) is 14.7 Å². The van der Waals surface area contributed by atoms with Crippen molar-refractivity contribution in [2.24, 2.45) is 5.92 Å². The molecule has 2 unspecified atom stereocenters. The SMILES string of the molecule is CC1CN(C(=O)Nc2cccc(CC(=O)O)c2)CCC1O. The van der Waals surface area contributed by atoms with Crippen LogP contribution in [0.5, 0.6) is 0 Å². The summed E-state index contributed by atoms with van der Waals surface area (Å²) in [7, 11) is 0. The number of hydrogen-bond acceptors (Lipinski definition) is 3. The van der Waals surface area contributed by atoms with E-state index in [1.165, 1.54) is 0 Å². The first kappa shape index (κ1) is 15.3. The van der Waals surface area contributed by atoms with Crippen LogP contribution >= 0.6 is 0 Å². The number of carboxylic acids is 1. The highest BCUT2D eigenvalue weighted by Gasteiger charge is 2.27. The van der Waals surface area contributed by atoms with E-state index < -0.39 is 5.97 Å². The number of piperidine rings is 1. The van der Waals surface area contributed by atoms with Crippen LogP contribution in [0, 0.1) is 5.92 Å². The summed E-state index contributed by atoms with van der Waals surface area (Å²) in [5.41, 5.74) is 1.22. The summed E-state index contributed by atoms with van der Waals surface area (Å²) < 4.78 is 0. The largest absolute Gasteiger partial charge is 0.481 e. The summed E-state index contributed by atoms with van der Waals surface area (Å²) in [4.78, 5) is 24.5. The summed E-state index contributed by atoms with van der Waals surface area (Å²) in [5.74, 6) is -0.847. The molecule has 2 atom stereocenters. The van der Waals surface area contributed by atoms with Gasteiger partial charge in [0.2, 0.25) is 0 Å². The highest BCUT2D eigenvalue weighted by molar-refractivity contribution is 5.89. The first-order valence-electron chi connectivity index (χ1n) is 7.00. The number of nitrogens with one attached hydrogen (secondary N) is 1. The van der Waals surface area contributed by atoms with Crippen LogP contribution < -0.4 is 5.32 Å². The number of amides is 2. The Balaban J connectivity index is 1.98. The number of urea groups is 1. The van der Waals surface area contributed by atoms with Crippen LogP contribution in [0.15, 0.2) is 24.3 Å². The van der Waals surface area contributed by atoms with Crippen LogP contribution in [0.4, 0.5) is 10.5 Å². The fourth-order valence-electron chi connectivity index (χ4n) is 2.45. The standard InChI is InChI=1S/C15H20N2O4/c1-10-9-17(6-5-13(10)18)15(21)16-12-4-2-3-11(7-12)8-14(19)20/h2-4,7,10,13,18H,5-6,8-9H2,1H3,(H,16,21)(H,19,20). The van der Waals surface area contributed by atoms with Gasteiger partial charge in [0.25, 0.3) is 0 Å². The summed E-state index contributed by atoms with van der Waals surface area (Å²) in [5, 5.41) is 21.2. The third-order valence-electron chi connectivity index (χ3n) is 3.68. The zero-order valence-corrected chi connectivity index (χ0v) is 12.0. The van der Waals surface area contributed by atoms with Crippen molar-refractivity contribution in [1.29, 1.82) is 0 Å². The predicted octanol–water partition coefficient (Wildman–Crippen LogP) is 1.55. The number of carboxylic acid groups (broad SMARTS) is 1. The molecular formula is C15H20N2O4. The Bertz CT molecular complexity index is 532. The molecule has 1 aromatic carbocycles. The second-order valence-electron chi connectivity index (χ2n) is 5.48. The predicted molar refractivity (Wildman–Crippen MR) is 78.2 cm³/mol. The first-order chi connectivity index (χ1) is 9.95. The molecule has 21 heavy (non-hydrogen) atoms. The molecule has 0 spiro atoms. The molecule has 2 amide bonds. The fraction of sp³-hybridized carbons (Fsp3) is 0.467. The molecule has 114 valence electrons. The topological polar surface area (TPSA) is 89.9 Å². The smallest absolute Gasteiger partial charge is 0.321 e. The van der Waals surface area contributed by atoms with Crippen molar-refractivity contribution in [3.8, 4) is 0 Å². The minimum atomic E-state index is -0.905. The Morgan fingerprint density at radius 1 is 1.43 bits per heavy atom. The number of carbonyl (C=O) groups excluding carboxylic acids is 1. The van der Waals surface area contributed by atoms with E-state index in [2.05, 4.69) is 5.32 Å². The Kier molecular flexibility index (Phi) is 4.80. The first-order valence-corrected chi connectivity index (χ1v) is 7.00. The molecule has 1 aliphatic heterocycles. The summed E-state index contributed by atoms with van der Waals surface area (Å²) in [6.07, 6.45) is 0.151. The number of aliphatic carboxylic acids is 1. The number of carbonyl (C=O) groups is 2. The number of anilines is 1. The molecule has 3 N–H and O–H groups in total. The van der Waals surface area contributed by atoms with Crippen molar-refractivity contribution in [3.63, 3.8) is 0 Å². The van der Waals surface area contributed by atoms with Crippen molar-refractivity contribution < 1.29 is 19.8 Å². The zero-order chi connectivity index (χ0) is 15.4. The van der Waals surface area contributed by atoms with E-state index in [-0.39, 0.29) is 24.5 Å². The third kappa shape index (κ3) is 4.19. The van der Waals surface area contributed by atoms with E-state index in [4.69, 9.17) is 5.11 Å². The van der Waals surface area contributed by atoms with Crippen molar-refractivity contribution in [3.05, 3.63) is 29.8 Å². The Morgan fingerprint density at radius 3 is 2.86 bits per heavy atom. The van der Waals surface area contributed by atoms with Crippen LogP contribution in [0.2, 0.25) is 0 Å². The minimum Gasteiger partial charge on any atom is -0.481 e. The number of likely N-dealkylation sites (tertiary alicyclic amines) is 1. The zero-order valence-electron chi connectivity index (χ0n) is 12.0. The van der Waals surface area contributed by atoms with Gasteiger partial charge in [-0.2, -0.15) is 0 Å². The molecule has 1 heterocycles. The van der Waals surface area contributed by atoms with Crippen molar-refractivity contribution >= 4 is 17.7 Å². The molecule has 0 bridgehead atoms. The fourth-order valence-corrected chi connectivity index (χ4v) is 2.45. The Hall–Kier alpha value is -2.08. The van der Waals surface area contributed by atoms with Crippen LogP contribution in [0.3, 0.4) is 0 Å². The lowest BCUT2D eigenvalue weighted by Crippen LogP contribution is -2.46. The van der Waals surface area contributed by atoms with Gasteiger partial charge in [-0.25, -0.2) is 4.79 Å². The number of aliphatic hydroxyl groups is 1. The Morgan fingerprint density at radius 2 is 2.19 bits per heavy atom. The molecule has 2 rings (SSSR count). The number of hydrogen-bond donors (Lipinski definition) is 3. The molecule has 0 saturated carbocycles. The number of rotatable bonds is 3. The van der Waals surface area contributed by atoms with Gasteiger partial charge < -0.3 is 20.4 Å². The maximum absolute atomic E-state index is 12.2. The summed E-state index contributed by atoms with van der Waals surface area (Å²) in [6, 6.07) is 6.60. The molecule has 6 nitrogen and oxygen atoms in total. The van der Waals surface area contributed by atoms with Crippen LogP contribution in [0.1, 0.15) is 18.9 Å². The van der Waals surface area contributed by atoms with Crippen LogP contribution in [-0.2, 0) is 11.2 Å². The average Bonchev–Trinajstić information content (AvgIpc) is 2.41. The second kappa shape index (κ2) is 6.58. The van der Waals surface area contributed by atoms with Crippen molar-refractivity contribution in [2.45, 2.75) is 25.9 Å². The lowest BCUT2D eigenvalue weighted by molar-refractivity contribution is -0.136. The normalized spacial score (nSPS) is 21.9. The average molecular weight is 292 g/mol. The summed E-state index contributed by atoms with van der Waals surface area (Å²) >= 11 is 0. The highest BCUT2D eigenvalue weighted by atomic mass is 16.4. The molecule has 1 saturated heterocycles. The van der Waals surface area contributed by atoms with Gasteiger partial charge >= 0.3 is 12.0 Å². The van der Waals surface area contributed by atoms with Crippen molar-refractivity contribution in [1.82, 2.24) is 4.90 Å². The molecule has 0 aromatic heterocycles. The third-order valence-corrected chi connectivity index (χ3v) is 3.68. The Labute approximate surface area is 123 Å². The summed E-state index contributed by atoms with van der Waals surface area (Å²) in [6.45, 7) is 2.95. The van der Waals surface area contributed by atoms with E-state index >= 15 is 0 Å². The van der Waals surface area contributed by atoms with Crippen molar-refractivity contribution in [2.75, 3.05) is 18.4 Å². The lowest BCUT2D eigenvalue weighted by Gasteiger charge is -2.34. The molecule has 1 fully saturated rings. The molecule has 6 heteroatoms. The molecule has 0 radical (unpaired) electrons. The van der Waals surface area contributed by atoms with E-state index in [0.717, 1.165) is 0 Å². The monoisotopic (exact) mass is 292 g/mol. The molecule has 0 aliphatic carbocycles. The van der Waals surface area contributed by atoms with E-state index in [1.807, 2.05) is 6.92 Å². The van der Waals surface area contributed by atoms with Gasteiger partial charge in [0.15, 0.2) is 0 Å². The van der Waals surface area contributed by atoms with E-state index in [0.29, 0.717) is 30.8 Å². The quantitative estimate of drug-likeness (QED) is 0.788. The molecule has 1 aliphatic rings. The number of nitrogens with zero attached hydrogens (tertiary/aromatic N) is 1. The van der Waals surface area contributed by atoms with Gasteiger partial charge in [-0.1, -0.05) is 19.1 Å². The number of aliphatic hydroxyl groups excluding tert-OH is 1.